The van der Waals surface area contributed by atoms with Crippen molar-refractivity contribution in [2.75, 3.05) is 24.8 Å². The summed E-state index contributed by atoms with van der Waals surface area (Å²) in [5, 5.41) is 3.84. The molecule has 4 rings (SSSR count). The van der Waals surface area contributed by atoms with Crippen molar-refractivity contribution in [2.24, 2.45) is 0 Å². The molecule has 2 aliphatic heterocycles. The third kappa shape index (κ3) is 2.35. The van der Waals surface area contributed by atoms with Gasteiger partial charge in [0.05, 0.1) is 0 Å². The molecule has 21 heavy (non-hydrogen) atoms. The number of hydrogen-bond acceptors (Lipinski definition) is 4. The van der Waals surface area contributed by atoms with Crippen LogP contribution in [-0.2, 0) is 0 Å². The molecule has 0 amide bonds. The summed E-state index contributed by atoms with van der Waals surface area (Å²) in [5.41, 5.74) is 1.58. The molecule has 1 spiro atoms. The van der Waals surface area contributed by atoms with Gasteiger partial charge in [0.25, 0.3) is 0 Å². The monoisotopic (exact) mass is 288 g/mol. The average Bonchev–Trinajstić information content (AvgIpc) is 2.98. The van der Waals surface area contributed by atoms with Gasteiger partial charge in [-0.3, -0.25) is 0 Å². The first-order chi connectivity index (χ1) is 10.3. The molecule has 4 heteroatoms. The van der Waals surface area contributed by atoms with Crippen LogP contribution in [0.1, 0.15) is 39.0 Å². The Hall–Kier alpha value is -1.42. The molecule has 1 aromatic carbocycles. The van der Waals surface area contributed by atoms with E-state index in [1.807, 2.05) is 6.07 Å². The molecule has 1 aromatic rings. The Kier molecular flexibility index (Phi) is 3.21. The van der Waals surface area contributed by atoms with Crippen LogP contribution in [-0.4, -0.2) is 31.5 Å². The molecule has 3 aliphatic rings. The second-order valence-corrected chi connectivity index (χ2v) is 6.74. The van der Waals surface area contributed by atoms with Crippen molar-refractivity contribution < 1.29 is 9.47 Å². The van der Waals surface area contributed by atoms with E-state index >= 15 is 0 Å². The number of hydrogen-bond donors (Lipinski definition) is 1. The van der Waals surface area contributed by atoms with Crippen molar-refractivity contribution >= 4 is 5.69 Å². The van der Waals surface area contributed by atoms with Crippen LogP contribution in [0.4, 0.5) is 5.69 Å². The largest absolute Gasteiger partial charge is 0.454 e. The third-order valence-electron chi connectivity index (χ3n) is 5.28. The zero-order chi connectivity index (χ0) is 14.3. The fourth-order valence-corrected chi connectivity index (χ4v) is 3.99. The van der Waals surface area contributed by atoms with Crippen molar-refractivity contribution in [3.63, 3.8) is 0 Å². The lowest BCUT2D eigenvalue weighted by Crippen LogP contribution is -2.64. The smallest absolute Gasteiger partial charge is 0.231 e. The number of nitrogens with zero attached hydrogens (tertiary/aromatic N) is 1. The molecule has 1 aliphatic carbocycles. The summed E-state index contributed by atoms with van der Waals surface area (Å²) in [6.07, 6.45) is 6.72. The lowest BCUT2D eigenvalue weighted by atomic mass is 9.79. The van der Waals surface area contributed by atoms with E-state index in [1.165, 1.54) is 37.8 Å². The van der Waals surface area contributed by atoms with Crippen LogP contribution in [0.2, 0.25) is 0 Å². The number of fused-ring (bicyclic) bond motifs is 1. The van der Waals surface area contributed by atoms with E-state index < -0.39 is 0 Å². The molecule has 0 aromatic heterocycles. The fraction of sp³-hybridized carbons (Fsp3) is 0.647. The molecule has 1 atom stereocenters. The van der Waals surface area contributed by atoms with E-state index in [0.29, 0.717) is 18.4 Å². The predicted octanol–water partition coefficient (Wildman–Crippen LogP) is 2.92. The molecular weight excluding hydrogens is 264 g/mol. The van der Waals surface area contributed by atoms with Gasteiger partial charge in [-0.2, -0.15) is 0 Å². The summed E-state index contributed by atoms with van der Waals surface area (Å²) in [6.45, 7) is 4.81. The minimum atomic E-state index is 0.321. The third-order valence-corrected chi connectivity index (χ3v) is 5.28. The highest BCUT2D eigenvalue weighted by molar-refractivity contribution is 5.58. The van der Waals surface area contributed by atoms with Crippen LogP contribution in [0, 0.1) is 0 Å². The Labute approximate surface area is 126 Å². The van der Waals surface area contributed by atoms with Crippen LogP contribution < -0.4 is 19.7 Å². The first-order valence-corrected chi connectivity index (χ1v) is 8.17. The minimum absolute atomic E-state index is 0.321. The van der Waals surface area contributed by atoms with Gasteiger partial charge in [-0.15, -0.1) is 0 Å². The Balaban J connectivity index is 1.60. The molecule has 0 bridgehead atoms. The molecule has 0 radical (unpaired) electrons. The van der Waals surface area contributed by atoms with E-state index in [1.54, 1.807) is 0 Å². The molecule has 1 saturated heterocycles. The highest BCUT2D eigenvalue weighted by atomic mass is 16.7. The Morgan fingerprint density at radius 3 is 2.81 bits per heavy atom. The van der Waals surface area contributed by atoms with E-state index in [2.05, 4.69) is 29.3 Å². The van der Waals surface area contributed by atoms with Crippen LogP contribution in [0.5, 0.6) is 11.5 Å². The van der Waals surface area contributed by atoms with Gasteiger partial charge >= 0.3 is 0 Å². The van der Waals surface area contributed by atoms with Gasteiger partial charge in [-0.05, 0) is 31.9 Å². The lowest BCUT2D eigenvalue weighted by molar-refractivity contribution is 0.174. The number of ether oxygens (including phenoxy) is 2. The highest BCUT2D eigenvalue weighted by Gasteiger charge is 2.38. The molecular formula is C17H24N2O2. The SMILES string of the molecule is CC1CNC2(CCCCC2)CN1c1ccc2c(c1)OCO2. The number of nitrogens with one attached hydrogen (secondary N) is 1. The molecule has 1 N–H and O–H groups in total. The molecule has 2 fully saturated rings. The Morgan fingerprint density at radius 2 is 1.95 bits per heavy atom. The average molecular weight is 288 g/mol. The van der Waals surface area contributed by atoms with Gasteiger partial charge in [-0.25, -0.2) is 0 Å². The molecule has 114 valence electrons. The summed E-state index contributed by atoms with van der Waals surface area (Å²) < 4.78 is 11.0. The van der Waals surface area contributed by atoms with E-state index in [9.17, 15) is 0 Å². The first kappa shape index (κ1) is 13.3. The van der Waals surface area contributed by atoms with Crippen LogP contribution >= 0.6 is 0 Å². The molecule has 1 saturated carbocycles. The number of rotatable bonds is 1. The fourth-order valence-electron chi connectivity index (χ4n) is 3.99. The number of piperazine rings is 1. The summed E-state index contributed by atoms with van der Waals surface area (Å²) >= 11 is 0. The maximum atomic E-state index is 5.54. The second-order valence-electron chi connectivity index (χ2n) is 6.74. The maximum Gasteiger partial charge on any atom is 0.231 e. The van der Waals surface area contributed by atoms with Crippen molar-refractivity contribution in [3.05, 3.63) is 18.2 Å². The second kappa shape index (κ2) is 5.09. The van der Waals surface area contributed by atoms with Crippen LogP contribution in [0.25, 0.3) is 0 Å². The maximum absolute atomic E-state index is 5.54. The summed E-state index contributed by atoms with van der Waals surface area (Å²) in [6, 6.07) is 6.87. The highest BCUT2D eigenvalue weighted by Crippen LogP contribution is 2.38. The predicted molar refractivity (Wildman–Crippen MR) is 83.2 cm³/mol. The molecule has 4 nitrogen and oxygen atoms in total. The standard InChI is InChI=1S/C17H24N2O2/c1-13-10-18-17(7-3-2-4-8-17)11-19(13)14-5-6-15-16(9-14)21-12-20-15/h5-6,9,13,18H,2-4,7-8,10-12H2,1H3. The minimum Gasteiger partial charge on any atom is -0.454 e. The van der Waals surface area contributed by atoms with Gasteiger partial charge < -0.3 is 19.7 Å². The van der Waals surface area contributed by atoms with Gasteiger partial charge in [0.1, 0.15) is 0 Å². The van der Waals surface area contributed by atoms with Crippen LogP contribution in [0.3, 0.4) is 0 Å². The Bertz CT molecular complexity index is 526. The van der Waals surface area contributed by atoms with E-state index in [4.69, 9.17) is 9.47 Å². The van der Waals surface area contributed by atoms with Gasteiger partial charge in [0.2, 0.25) is 6.79 Å². The summed E-state index contributed by atoms with van der Waals surface area (Å²) in [5.74, 6) is 1.75. The van der Waals surface area contributed by atoms with Gasteiger partial charge in [-0.1, -0.05) is 19.3 Å². The molecule has 1 unspecified atom stereocenters. The van der Waals surface area contributed by atoms with Crippen molar-refractivity contribution in [3.8, 4) is 11.5 Å². The van der Waals surface area contributed by atoms with Crippen molar-refractivity contribution in [2.45, 2.75) is 50.6 Å². The number of benzene rings is 1. The van der Waals surface area contributed by atoms with Crippen molar-refractivity contribution in [1.82, 2.24) is 5.32 Å². The van der Waals surface area contributed by atoms with Gasteiger partial charge in [0.15, 0.2) is 11.5 Å². The first-order valence-electron chi connectivity index (χ1n) is 8.17. The Morgan fingerprint density at radius 1 is 1.14 bits per heavy atom. The zero-order valence-electron chi connectivity index (χ0n) is 12.7. The quantitative estimate of drug-likeness (QED) is 0.861. The zero-order valence-corrected chi connectivity index (χ0v) is 12.7. The molecule has 2 heterocycles. The van der Waals surface area contributed by atoms with E-state index in [-0.39, 0.29) is 0 Å². The topological polar surface area (TPSA) is 33.7 Å². The van der Waals surface area contributed by atoms with Gasteiger partial charge in [0, 0.05) is 36.4 Å². The van der Waals surface area contributed by atoms with Crippen LogP contribution in [0.15, 0.2) is 18.2 Å². The van der Waals surface area contributed by atoms with Crippen molar-refractivity contribution in [1.29, 1.82) is 0 Å². The normalized spacial score (nSPS) is 27.1. The lowest BCUT2D eigenvalue weighted by Gasteiger charge is -2.50. The summed E-state index contributed by atoms with van der Waals surface area (Å²) in [4.78, 5) is 2.55. The summed E-state index contributed by atoms with van der Waals surface area (Å²) in [7, 11) is 0. The van der Waals surface area contributed by atoms with E-state index in [0.717, 1.165) is 24.6 Å². The number of anilines is 1.